The summed E-state index contributed by atoms with van der Waals surface area (Å²) in [6.07, 6.45) is -14.2. The highest BCUT2D eigenvalue weighted by Gasteiger charge is 2.56. The summed E-state index contributed by atoms with van der Waals surface area (Å²) in [5.74, 6) is -4.82. The summed E-state index contributed by atoms with van der Waals surface area (Å²) in [6.45, 7) is 21.4. The molecule has 25 atom stereocenters. The Balaban J connectivity index is 1.28. The van der Waals surface area contributed by atoms with Gasteiger partial charge in [-0.3, -0.25) is 9.59 Å². The number of rotatable bonds is 22. The minimum Gasteiger partial charge on any atom is -0.457 e. The van der Waals surface area contributed by atoms with Gasteiger partial charge in [-0.05, 0) is 92.4 Å². The van der Waals surface area contributed by atoms with E-state index in [1.54, 1.807) is 51.1 Å². The molecule has 25 heteroatoms. The standard InChI is InChI=1S/C53H79N9O16/c1-14-34-25(5)26(6)38(57-60-54)50(69-34)77-44-30(10)45(72-37(65)23-22-24(4)63)53(78-47(44)31(11)64)76-43-28(8)40(59-62-56)51(71-36(43)16-3)74-41-29(9)46(73-48(66)33-20-18-17-19-21-33)52(68-32(41)12)75-42-27(7)39(58-61-55)49(67-13)70-35(42)15-2/h17-21,25-30,32,34-36,38-47,49-53H,14-16,22-23H2,1-13H3/t25-,26-,27+,28+,29-,30-,32?,34?,35?,36?,38?,39?,40-,41-,42-,43-,44-,45-,46?,47?,49-,50+,51?,52+,53?/m0/s1. The van der Waals surface area contributed by atoms with E-state index in [0.29, 0.717) is 19.3 Å². The third-order valence-corrected chi connectivity index (χ3v) is 16.3. The number of carbonyl (C=O) groups is 4. The van der Waals surface area contributed by atoms with Crippen molar-refractivity contribution in [1.29, 1.82) is 0 Å². The van der Waals surface area contributed by atoms with Gasteiger partial charge in [0.15, 0.2) is 49.4 Å². The molecule has 5 saturated heterocycles. The van der Waals surface area contributed by atoms with Crippen LogP contribution < -0.4 is 0 Å². The van der Waals surface area contributed by atoms with Crippen molar-refractivity contribution in [2.75, 3.05) is 7.11 Å². The number of methoxy groups -OCH3 is 1. The molecule has 0 N–H and O–H groups in total. The van der Waals surface area contributed by atoms with Crippen LogP contribution in [0.3, 0.4) is 0 Å². The summed E-state index contributed by atoms with van der Waals surface area (Å²) in [5, 5.41) is 12.2. The molecule has 78 heavy (non-hydrogen) atoms. The predicted octanol–water partition coefficient (Wildman–Crippen LogP) is 9.00. The number of nitrogens with zero attached hydrogens (tertiary/aromatic N) is 9. The first-order chi connectivity index (χ1) is 37.3. The van der Waals surface area contributed by atoms with Crippen LogP contribution in [0.25, 0.3) is 31.3 Å². The molecule has 1 aromatic rings. The highest BCUT2D eigenvalue weighted by atomic mass is 16.8. The van der Waals surface area contributed by atoms with Crippen LogP contribution in [-0.2, 0) is 71.2 Å². The quantitative estimate of drug-likeness (QED) is 0.0452. The minimum absolute atomic E-state index is 0.00971. The summed E-state index contributed by atoms with van der Waals surface area (Å²) in [7, 11) is 1.47. The molecule has 0 bridgehead atoms. The largest absolute Gasteiger partial charge is 0.457 e. The van der Waals surface area contributed by atoms with Crippen LogP contribution in [-0.4, -0.2) is 147 Å². The van der Waals surface area contributed by atoms with Crippen LogP contribution in [0.1, 0.15) is 126 Å². The zero-order chi connectivity index (χ0) is 57.1. The molecule has 5 heterocycles. The summed E-state index contributed by atoms with van der Waals surface area (Å²) in [4.78, 5) is 62.4. The Morgan fingerprint density at radius 3 is 1.49 bits per heavy atom. The summed E-state index contributed by atoms with van der Waals surface area (Å²) >= 11 is 0. The Bertz CT molecular complexity index is 2340. The van der Waals surface area contributed by atoms with Crippen molar-refractivity contribution >= 4 is 23.5 Å². The van der Waals surface area contributed by atoms with Crippen LogP contribution in [0, 0.1) is 35.5 Å². The average molecular weight is 1100 g/mol. The molecule has 5 aliphatic rings. The molecule has 432 valence electrons. The zero-order valence-corrected chi connectivity index (χ0v) is 46.9. The van der Waals surface area contributed by atoms with Gasteiger partial charge in [0.25, 0.3) is 0 Å². The van der Waals surface area contributed by atoms with E-state index in [2.05, 4.69) is 30.1 Å². The van der Waals surface area contributed by atoms with Gasteiger partial charge in [-0.25, -0.2) is 4.79 Å². The van der Waals surface area contributed by atoms with Gasteiger partial charge >= 0.3 is 11.9 Å². The first kappa shape index (κ1) is 62.2. The molecule has 25 nitrogen and oxygen atoms in total. The maximum atomic E-state index is 13.9. The molecule has 5 aliphatic heterocycles. The Morgan fingerprint density at radius 1 is 0.513 bits per heavy atom. The SMILES string of the molecule is CCC1O[C@H](O[C@@H]2C(C(C)=O)OC(O[C@@H]3C(CC)OC(O[C@@H]4C(C)O[C@H](O[C@@H]5C(CC)O[C@H](OC)C(N=[N+]=[N-])[C@H]5C)C(OC(=O)c5ccccc5)[C@H]4C)[C@@H](N=[N+]=[N-])[C@H]3C)[C@@H](OC(=O)CCC(C)=O)[C@H]2C)C(N=[N+]=[N-])[C@@H](C)[C@@H]1C. The highest BCUT2D eigenvalue weighted by molar-refractivity contribution is 5.89. The monoisotopic (exact) mass is 1100 g/mol. The molecular weight excluding hydrogens is 1020 g/mol. The lowest BCUT2D eigenvalue weighted by atomic mass is 9.81. The van der Waals surface area contributed by atoms with Gasteiger partial charge in [-0.2, -0.15) is 0 Å². The molecule has 0 aromatic heterocycles. The van der Waals surface area contributed by atoms with E-state index in [1.807, 2.05) is 48.5 Å². The fourth-order valence-corrected chi connectivity index (χ4v) is 11.5. The second-order valence-corrected chi connectivity index (χ2v) is 21.4. The second kappa shape index (κ2) is 28.4. The van der Waals surface area contributed by atoms with Crippen molar-refractivity contribution in [3.8, 4) is 0 Å². The van der Waals surface area contributed by atoms with Crippen molar-refractivity contribution in [3.05, 3.63) is 67.2 Å². The van der Waals surface area contributed by atoms with E-state index < -0.39 is 152 Å². The van der Waals surface area contributed by atoms with Gasteiger partial charge in [-0.1, -0.05) is 95.9 Å². The molecular formula is C53H79N9O16. The molecule has 10 unspecified atom stereocenters. The lowest BCUT2D eigenvalue weighted by Crippen LogP contribution is -2.64. The van der Waals surface area contributed by atoms with Crippen molar-refractivity contribution in [3.63, 3.8) is 0 Å². The number of esters is 2. The third kappa shape index (κ3) is 14.1. The number of hydrogen-bond acceptors (Lipinski definition) is 19. The normalized spacial score (nSPS) is 40.7. The molecule has 1 aromatic carbocycles. The van der Waals surface area contributed by atoms with Gasteiger partial charge in [0.1, 0.15) is 18.0 Å². The molecule has 6 rings (SSSR count). The van der Waals surface area contributed by atoms with E-state index in [-0.39, 0.29) is 42.1 Å². The van der Waals surface area contributed by atoms with Crippen LogP contribution in [0.4, 0.5) is 0 Å². The van der Waals surface area contributed by atoms with Crippen molar-refractivity contribution < 1.29 is 76.0 Å². The van der Waals surface area contributed by atoms with Crippen molar-refractivity contribution in [2.24, 2.45) is 50.9 Å². The molecule has 0 saturated carbocycles. The summed E-state index contributed by atoms with van der Waals surface area (Å²) in [5.41, 5.74) is 29.4. The van der Waals surface area contributed by atoms with E-state index in [9.17, 15) is 35.8 Å². The van der Waals surface area contributed by atoms with E-state index in [0.717, 1.165) is 0 Å². The zero-order valence-electron chi connectivity index (χ0n) is 46.9. The summed E-state index contributed by atoms with van der Waals surface area (Å²) in [6, 6.07) is 5.83. The van der Waals surface area contributed by atoms with Gasteiger partial charge < -0.3 is 61.6 Å². The lowest BCUT2D eigenvalue weighted by molar-refractivity contribution is -0.361. The minimum atomic E-state index is -1.43. The second-order valence-electron chi connectivity index (χ2n) is 21.4. The molecule has 0 radical (unpaired) electrons. The lowest BCUT2D eigenvalue weighted by Gasteiger charge is -2.51. The summed E-state index contributed by atoms with van der Waals surface area (Å²) < 4.78 is 77.5. The predicted molar refractivity (Wildman–Crippen MR) is 276 cm³/mol. The maximum Gasteiger partial charge on any atom is 0.338 e. The van der Waals surface area contributed by atoms with Crippen LogP contribution in [0.15, 0.2) is 45.7 Å². The Labute approximate surface area is 455 Å². The van der Waals surface area contributed by atoms with Crippen LogP contribution in [0.5, 0.6) is 0 Å². The first-order valence-corrected chi connectivity index (χ1v) is 27.3. The number of Topliss-reactive ketones (excluding diaryl/α,β-unsaturated/α-hetero) is 2. The number of benzene rings is 1. The van der Waals surface area contributed by atoms with Crippen molar-refractivity contribution in [1.82, 2.24) is 0 Å². The number of ketones is 2. The third-order valence-electron chi connectivity index (χ3n) is 16.3. The van der Waals surface area contributed by atoms with Gasteiger partial charge in [0.05, 0.1) is 72.8 Å². The number of ether oxygens (including phenoxy) is 12. The number of carbonyl (C=O) groups excluding carboxylic acids is 4. The number of hydrogen-bond donors (Lipinski definition) is 0. The van der Waals surface area contributed by atoms with Crippen LogP contribution >= 0.6 is 0 Å². The van der Waals surface area contributed by atoms with Gasteiger partial charge in [0.2, 0.25) is 0 Å². The van der Waals surface area contributed by atoms with E-state index in [4.69, 9.17) is 56.8 Å². The van der Waals surface area contributed by atoms with E-state index in [1.165, 1.54) is 21.0 Å². The fourth-order valence-electron chi connectivity index (χ4n) is 11.5. The smallest absolute Gasteiger partial charge is 0.338 e. The highest BCUT2D eigenvalue weighted by Crippen LogP contribution is 2.43. The Morgan fingerprint density at radius 2 is 0.974 bits per heavy atom. The van der Waals surface area contributed by atoms with Gasteiger partial charge in [-0.15, -0.1) is 0 Å². The maximum absolute atomic E-state index is 13.9. The molecule has 5 fully saturated rings. The Kier molecular flexibility index (Phi) is 22.7. The van der Waals surface area contributed by atoms with E-state index >= 15 is 0 Å². The van der Waals surface area contributed by atoms with Crippen molar-refractivity contribution in [2.45, 2.75) is 232 Å². The Hall–Kier alpha value is -4.97. The number of azide groups is 3. The van der Waals surface area contributed by atoms with Crippen LogP contribution in [0.2, 0.25) is 0 Å². The average Bonchev–Trinajstić information content (AvgIpc) is 3.48. The first-order valence-electron chi connectivity index (χ1n) is 27.3. The fraction of sp³-hybridized carbons (Fsp3) is 0.811. The van der Waals surface area contributed by atoms with Gasteiger partial charge in [0, 0.05) is 40.1 Å². The molecule has 0 amide bonds. The topological polar surface area (TPSA) is 325 Å². The molecule has 0 spiro atoms. The molecule has 0 aliphatic carbocycles.